The molecule has 2 aromatic rings. The first-order valence-electron chi connectivity index (χ1n) is 9.34. The molecule has 0 unspecified atom stereocenters. The van der Waals surface area contributed by atoms with Crippen molar-refractivity contribution >= 4 is 17.5 Å². The number of benzene rings is 1. The van der Waals surface area contributed by atoms with E-state index < -0.39 is 0 Å². The number of carbonyl (C=O) groups is 2. The lowest BCUT2D eigenvalue weighted by atomic mass is 10.2. The molecule has 1 saturated heterocycles. The monoisotopic (exact) mass is 398 g/mol. The van der Waals surface area contributed by atoms with Crippen LogP contribution >= 0.6 is 0 Å². The Morgan fingerprint density at radius 2 is 1.90 bits per heavy atom. The van der Waals surface area contributed by atoms with Crippen molar-refractivity contribution in [1.29, 1.82) is 0 Å². The topological polar surface area (TPSA) is 93.2 Å². The minimum atomic E-state index is -0.160. The van der Waals surface area contributed by atoms with Crippen LogP contribution in [0.15, 0.2) is 36.5 Å². The maximum atomic E-state index is 12.5. The molecule has 4 rings (SSSR count). The van der Waals surface area contributed by atoms with E-state index in [2.05, 4.69) is 10.3 Å². The minimum absolute atomic E-state index is 0.0835. The number of anilines is 1. The minimum Gasteiger partial charge on any atom is -0.494 e. The summed E-state index contributed by atoms with van der Waals surface area (Å²) in [7, 11) is 1.53. The summed E-state index contributed by atoms with van der Waals surface area (Å²) in [5.74, 6) is 1.43. The van der Waals surface area contributed by atoms with Crippen LogP contribution < -0.4 is 19.5 Å². The molecule has 0 aliphatic carbocycles. The molecular formula is C20H22N4O5. The van der Waals surface area contributed by atoms with Gasteiger partial charge in [0.15, 0.2) is 11.5 Å². The molecule has 0 saturated carbocycles. The van der Waals surface area contributed by atoms with E-state index in [0.29, 0.717) is 54.8 Å². The molecule has 3 heterocycles. The third kappa shape index (κ3) is 4.24. The quantitative estimate of drug-likeness (QED) is 0.809. The Morgan fingerprint density at radius 3 is 2.59 bits per heavy atom. The van der Waals surface area contributed by atoms with E-state index in [0.717, 1.165) is 0 Å². The molecule has 1 fully saturated rings. The zero-order valence-corrected chi connectivity index (χ0v) is 16.1. The number of piperazine rings is 1. The SMILES string of the molecule is COc1cc2c(cc1NC(=O)CN1CCN(C(=O)c3ccccn3)CC1)OCO2. The Hall–Kier alpha value is -3.33. The van der Waals surface area contributed by atoms with E-state index >= 15 is 0 Å². The van der Waals surface area contributed by atoms with Gasteiger partial charge in [-0.05, 0) is 12.1 Å². The zero-order chi connectivity index (χ0) is 20.2. The molecule has 2 amide bonds. The Kier molecular flexibility index (Phi) is 5.48. The predicted molar refractivity (Wildman–Crippen MR) is 104 cm³/mol. The lowest BCUT2D eigenvalue weighted by molar-refractivity contribution is -0.117. The second-order valence-electron chi connectivity index (χ2n) is 6.74. The summed E-state index contributed by atoms with van der Waals surface area (Å²) < 4.78 is 16.0. The molecule has 1 aromatic heterocycles. The second kappa shape index (κ2) is 8.36. The highest BCUT2D eigenvalue weighted by Crippen LogP contribution is 2.40. The molecular weight excluding hydrogens is 376 g/mol. The summed E-state index contributed by atoms with van der Waals surface area (Å²) in [4.78, 5) is 32.9. The average molecular weight is 398 g/mol. The van der Waals surface area contributed by atoms with Crippen LogP contribution in [0.3, 0.4) is 0 Å². The van der Waals surface area contributed by atoms with Crippen LogP contribution in [0.2, 0.25) is 0 Å². The first-order valence-corrected chi connectivity index (χ1v) is 9.34. The fourth-order valence-electron chi connectivity index (χ4n) is 3.34. The van der Waals surface area contributed by atoms with Gasteiger partial charge in [-0.15, -0.1) is 0 Å². The molecule has 2 aliphatic heterocycles. The van der Waals surface area contributed by atoms with Crippen LogP contribution in [0.1, 0.15) is 10.5 Å². The summed E-state index contributed by atoms with van der Waals surface area (Å²) in [5.41, 5.74) is 0.972. The van der Waals surface area contributed by atoms with Crippen molar-refractivity contribution in [2.45, 2.75) is 0 Å². The average Bonchev–Trinajstić information content (AvgIpc) is 3.21. The van der Waals surface area contributed by atoms with Crippen LogP contribution in [-0.4, -0.2) is 73.2 Å². The fourth-order valence-corrected chi connectivity index (χ4v) is 3.34. The highest BCUT2D eigenvalue weighted by molar-refractivity contribution is 5.94. The number of aromatic nitrogens is 1. The number of nitrogens with one attached hydrogen (secondary N) is 1. The normalized spacial score (nSPS) is 15.8. The van der Waals surface area contributed by atoms with E-state index in [1.807, 2.05) is 4.90 Å². The van der Waals surface area contributed by atoms with E-state index in [1.54, 1.807) is 41.4 Å². The molecule has 0 radical (unpaired) electrons. The lowest BCUT2D eigenvalue weighted by Crippen LogP contribution is -2.50. The smallest absolute Gasteiger partial charge is 0.272 e. The molecule has 0 atom stereocenters. The number of pyridine rings is 1. The molecule has 9 nitrogen and oxygen atoms in total. The maximum Gasteiger partial charge on any atom is 0.272 e. The number of amides is 2. The van der Waals surface area contributed by atoms with Crippen LogP contribution in [0, 0.1) is 0 Å². The fraction of sp³-hybridized carbons (Fsp3) is 0.350. The van der Waals surface area contributed by atoms with Gasteiger partial charge in [-0.2, -0.15) is 0 Å². The highest BCUT2D eigenvalue weighted by Gasteiger charge is 2.25. The van der Waals surface area contributed by atoms with E-state index in [-0.39, 0.29) is 25.2 Å². The summed E-state index contributed by atoms with van der Waals surface area (Å²) >= 11 is 0. The van der Waals surface area contributed by atoms with Gasteiger partial charge in [0.05, 0.1) is 19.3 Å². The number of nitrogens with zero attached hydrogens (tertiary/aromatic N) is 3. The van der Waals surface area contributed by atoms with Crippen LogP contribution in [0.5, 0.6) is 17.2 Å². The van der Waals surface area contributed by atoms with Crippen LogP contribution in [0.25, 0.3) is 0 Å². The molecule has 29 heavy (non-hydrogen) atoms. The molecule has 1 aromatic carbocycles. The van der Waals surface area contributed by atoms with Gasteiger partial charge in [0.2, 0.25) is 12.7 Å². The molecule has 9 heteroatoms. The number of rotatable bonds is 5. The van der Waals surface area contributed by atoms with Crippen molar-refractivity contribution in [3.63, 3.8) is 0 Å². The van der Waals surface area contributed by atoms with Crippen LogP contribution in [-0.2, 0) is 4.79 Å². The van der Waals surface area contributed by atoms with Crippen molar-refractivity contribution in [3.8, 4) is 17.2 Å². The van der Waals surface area contributed by atoms with Crippen LogP contribution in [0.4, 0.5) is 5.69 Å². The maximum absolute atomic E-state index is 12.5. The Bertz CT molecular complexity index is 897. The van der Waals surface area contributed by atoms with Gasteiger partial charge >= 0.3 is 0 Å². The van der Waals surface area contributed by atoms with Crippen molar-refractivity contribution < 1.29 is 23.8 Å². The second-order valence-corrected chi connectivity index (χ2v) is 6.74. The van der Waals surface area contributed by atoms with Gasteiger partial charge in [-0.3, -0.25) is 19.5 Å². The van der Waals surface area contributed by atoms with E-state index in [4.69, 9.17) is 14.2 Å². The van der Waals surface area contributed by atoms with Crippen molar-refractivity contribution in [1.82, 2.24) is 14.8 Å². The van der Waals surface area contributed by atoms with Crippen molar-refractivity contribution in [2.75, 3.05) is 51.9 Å². The van der Waals surface area contributed by atoms with Gasteiger partial charge in [0, 0.05) is 44.5 Å². The highest BCUT2D eigenvalue weighted by atomic mass is 16.7. The first kappa shape index (κ1) is 19.0. The molecule has 1 N–H and O–H groups in total. The van der Waals surface area contributed by atoms with Gasteiger partial charge < -0.3 is 24.4 Å². The van der Waals surface area contributed by atoms with Crippen molar-refractivity contribution in [3.05, 3.63) is 42.2 Å². The Labute approximate surface area is 168 Å². The number of hydrogen-bond acceptors (Lipinski definition) is 7. The third-order valence-electron chi connectivity index (χ3n) is 4.88. The van der Waals surface area contributed by atoms with Gasteiger partial charge in [-0.25, -0.2) is 0 Å². The third-order valence-corrected chi connectivity index (χ3v) is 4.88. The largest absolute Gasteiger partial charge is 0.494 e. The first-order chi connectivity index (χ1) is 14.1. The Balaban J connectivity index is 1.31. The molecule has 152 valence electrons. The summed E-state index contributed by atoms with van der Waals surface area (Å²) in [6.45, 7) is 2.71. The number of fused-ring (bicyclic) bond motifs is 1. The van der Waals surface area contributed by atoms with Crippen molar-refractivity contribution in [2.24, 2.45) is 0 Å². The van der Waals surface area contributed by atoms with Gasteiger partial charge in [0.1, 0.15) is 11.4 Å². The predicted octanol–water partition coefficient (Wildman–Crippen LogP) is 1.22. The van der Waals surface area contributed by atoms with E-state index in [9.17, 15) is 9.59 Å². The number of ether oxygens (including phenoxy) is 3. The molecule has 2 aliphatic rings. The molecule has 0 bridgehead atoms. The van der Waals surface area contributed by atoms with E-state index in [1.165, 1.54) is 7.11 Å². The van der Waals surface area contributed by atoms with Gasteiger partial charge in [0.25, 0.3) is 5.91 Å². The summed E-state index contributed by atoms with van der Waals surface area (Å²) in [6, 6.07) is 8.68. The number of hydrogen-bond donors (Lipinski definition) is 1. The molecule has 0 spiro atoms. The standard InChI is InChI=1S/C20H22N4O5/c1-27-16-11-18-17(28-13-29-18)10-15(16)22-19(25)12-23-6-8-24(9-7-23)20(26)14-4-2-3-5-21-14/h2-5,10-11H,6-9,12-13H2,1H3,(H,22,25). The zero-order valence-electron chi connectivity index (χ0n) is 16.1. The number of methoxy groups -OCH3 is 1. The Morgan fingerprint density at radius 1 is 1.14 bits per heavy atom. The summed E-state index contributed by atoms with van der Waals surface area (Å²) in [5, 5.41) is 2.87. The lowest BCUT2D eigenvalue weighted by Gasteiger charge is -2.34. The number of carbonyl (C=O) groups excluding carboxylic acids is 2. The van der Waals surface area contributed by atoms with Gasteiger partial charge in [-0.1, -0.05) is 6.07 Å². The summed E-state index contributed by atoms with van der Waals surface area (Å²) in [6.07, 6.45) is 1.61.